The van der Waals surface area contributed by atoms with Crippen LogP contribution in [-0.2, 0) is 4.79 Å². The number of likely N-dealkylation sites (tertiary alicyclic amines) is 1. The third kappa shape index (κ3) is 3.80. The van der Waals surface area contributed by atoms with E-state index in [-0.39, 0.29) is 12.0 Å². The summed E-state index contributed by atoms with van der Waals surface area (Å²) in [6, 6.07) is 0. The van der Waals surface area contributed by atoms with Crippen molar-refractivity contribution >= 4 is 5.91 Å². The molecule has 15 heavy (non-hydrogen) atoms. The Morgan fingerprint density at radius 1 is 1.47 bits per heavy atom. The van der Waals surface area contributed by atoms with E-state index < -0.39 is 0 Å². The smallest absolute Gasteiger partial charge is 0.236 e. The Balaban J connectivity index is 2.29. The van der Waals surface area contributed by atoms with Crippen molar-refractivity contribution in [3.05, 3.63) is 0 Å². The van der Waals surface area contributed by atoms with Crippen LogP contribution in [0.1, 0.15) is 19.8 Å². The van der Waals surface area contributed by atoms with Crippen LogP contribution in [0.5, 0.6) is 0 Å². The molecule has 1 aliphatic heterocycles. The van der Waals surface area contributed by atoms with Gasteiger partial charge < -0.3 is 10.0 Å². The summed E-state index contributed by atoms with van der Waals surface area (Å²) in [6.45, 7) is 4.22. The van der Waals surface area contributed by atoms with Crippen molar-refractivity contribution in [2.45, 2.75) is 25.9 Å². The number of nitrogens with zero attached hydrogens (tertiary/aromatic N) is 2. The molecule has 1 heterocycles. The van der Waals surface area contributed by atoms with Gasteiger partial charge >= 0.3 is 0 Å². The highest BCUT2D eigenvalue weighted by molar-refractivity contribution is 5.77. The Labute approximate surface area is 91.9 Å². The normalized spacial score (nSPS) is 21.3. The average Bonchev–Trinajstić information content (AvgIpc) is 2.18. The summed E-state index contributed by atoms with van der Waals surface area (Å²) in [5.74, 6) is 0.571. The Kier molecular flexibility index (Phi) is 4.54. The first-order valence-corrected chi connectivity index (χ1v) is 5.61. The van der Waals surface area contributed by atoms with Crippen molar-refractivity contribution < 1.29 is 9.90 Å². The predicted octanol–water partition coefficient (Wildman–Crippen LogP) is 0.167. The van der Waals surface area contributed by atoms with Crippen LogP contribution in [-0.4, -0.2) is 60.6 Å². The summed E-state index contributed by atoms with van der Waals surface area (Å²) in [6.07, 6.45) is 1.79. The van der Waals surface area contributed by atoms with Crippen LogP contribution in [0.4, 0.5) is 0 Å². The van der Waals surface area contributed by atoms with Crippen molar-refractivity contribution in [1.82, 2.24) is 9.80 Å². The molecule has 0 radical (unpaired) electrons. The van der Waals surface area contributed by atoms with E-state index in [0.717, 1.165) is 25.9 Å². The molecule has 1 fully saturated rings. The van der Waals surface area contributed by atoms with Crippen molar-refractivity contribution in [3.8, 4) is 0 Å². The Morgan fingerprint density at radius 3 is 2.40 bits per heavy atom. The first-order valence-electron chi connectivity index (χ1n) is 5.61. The fraction of sp³-hybridized carbons (Fsp3) is 0.909. The number of rotatable bonds is 3. The van der Waals surface area contributed by atoms with Gasteiger partial charge in [0.2, 0.25) is 5.91 Å². The number of hydrogen-bond acceptors (Lipinski definition) is 3. The number of carbonyl (C=O) groups is 1. The molecule has 1 atom stereocenters. The van der Waals surface area contributed by atoms with Gasteiger partial charge in [-0.15, -0.1) is 0 Å². The number of hydrogen-bond donors (Lipinski definition) is 1. The Bertz CT molecular complexity index is 209. The molecule has 1 unspecified atom stereocenters. The lowest BCUT2D eigenvalue weighted by Gasteiger charge is -2.33. The van der Waals surface area contributed by atoms with E-state index in [2.05, 4.69) is 4.90 Å². The van der Waals surface area contributed by atoms with Gasteiger partial charge in [0, 0.05) is 14.1 Å². The lowest BCUT2D eigenvalue weighted by Crippen LogP contribution is -2.42. The molecule has 0 saturated carbocycles. The number of aliphatic hydroxyl groups is 1. The van der Waals surface area contributed by atoms with Gasteiger partial charge in [-0.3, -0.25) is 9.69 Å². The maximum atomic E-state index is 11.5. The molecule has 1 rings (SSSR count). The molecule has 4 nitrogen and oxygen atoms in total. The average molecular weight is 214 g/mol. The van der Waals surface area contributed by atoms with E-state index in [1.54, 1.807) is 19.0 Å². The third-order valence-corrected chi connectivity index (χ3v) is 3.17. The van der Waals surface area contributed by atoms with E-state index >= 15 is 0 Å². The molecule has 4 heteroatoms. The molecule has 1 N–H and O–H groups in total. The second-order valence-corrected chi connectivity index (χ2v) is 4.64. The highest BCUT2D eigenvalue weighted by Crippen LogP contribution is 2.20. The van der Waals surface area contributed by atoms with Crippen molar-refractivity contribution in [3.63, 3.8) is 0 Å². The molecule has 0 aromatic heterocycles. The largest absolute Gasteiger partial charge is 0.393 e. The molecule has 1 saturated heterocycles. The predicted molar refractivity (Wildman–Crippen MR) is 59.5 cm³/mol. The lowest BCUT2D eigenvalue weighted by molar-refractivity contribution is -0.130. The minimum Gasteiger partial charge on any atom is -0.393 e. The second-order valence-electron chi connectivity index (χ2n) is 4.64. The van der Waals surface area contributed by atoms with Gasteiger partial charge in [0.15, 0.2) is 0 Å². The van der Waals surface area contributed by atoms with Crippen LogP contribution >= 0.6 is 0 Å². The Hall–Kier alpha value is -0.610. The van der Waals surface area contributed by atoms with Crippen LogP contribution in [0.3, 0.4) is 0 Å². The lowest BCUT2D eigenvalue weighted by atomic mass is 9.92. The fourth-order valence-electron chi connectivity index (χ4n) is 1.93. The quantitative estimate of drug-likeness (QED) is 0.728. The Morgan fingerprint density at radius 2 is 2.00 bits per heavy atom. The van der Waals surface area contributed by atoms with Crippen molar-refractivity contribution in [1.29, 1.82) is 0 Å². The highest BCUT2D eigenvalue weighted by Gasteiger charge is 2.23. The zero-order valence-corrected chi connectivity index (χ0v) is 9.94. The molecule has 0 aliphatic carbocycles. The maximum Gasteiger partial charge on any atom is 0.236 e. The molecule has 0 aromatic carbocycles. The number of aliphatic hydroxyl groups excluding tert-OH is 1. The van der Waals surface area contributed by atoms with Crippen LogP contribution < -0.4 is 0 Å². The van der Waals surface area contributed by atoms with Crippen LogP contribution in [0.2, 0.25) is 0 Å². The van der Waals surface area contributed by atoms with Crippen LogP contribution in [0, 0.1) is 5.92 Å². The SMILES string of the molecule is CC(O)C1CCN(CC(=O)N(C)C)CC1. The molecule has 0 aromatic rings. The van der Waals surface area contributed by atoms with Crippen LogP contribution in [0.15, 0.2) is 0 Å². The van der Waals surface area contributed by atoms with Crippen LogP contribution in [0.25, 0.3) is 0 Å². The summed E-state index contributed by atoms with van der Waals surface area (Å²) in [5, 5.41) is 9.44. The van der Waals surface area contributed by atoms with E-state index in [0.29, 0.717) is 12.5 Å². The molecule has 0 spiro atoms. The molecule has 0 bridgehead atoms. The first kappa shape index (κ1) is 12.5. The summed E-state index contributed by atoms with van der Waals surface area (Å²) in [4.78, 5) is 15.3. The van der Waals surface area contributed by atoms with Gasteiger partial charge in [0.05, 0.1) is 12.6 Å². The van der Waals surface area contributed by atoms with E-state index in [4.69, 9.17) is 0 Å². The summed E-state index contributed by atoms with van der Waals surface area (Å²) < 4.78 is 0. The van der Waals surface area contributed by atoms with Gasteiger partial charge in [0.25, 0.3) is 0 Å². The maximum absolute atomic E-state index is 11.5. The van der Waals surface area contributed by atoms with Gasteiger partial charge in [-0.2, -0.15) is 0 Å². The fourth-order valence-corrected chi connectivity index (χ4v) is 1.93. The van der Waals surface area contributed by atoms with Gasteiger partial charge in [-0.25, -0.2) is 0 Å². The third-order valence-electron chi connectivity index (χ3n) is 3.17. The first-order chi connectivity index (χ1) is 7.00. The summed E-state index contributed by atoms with van der Waals surface area (Å²) in [5.41, 5.74) is 0. The van der Waals surface area contributed by atoms with E-state index in [9.17, 15) is 9.90 Å². The number of amides is 1. The standard InChI is InChI=1S/C11H22N2O2/c1-9(14)10-4-6-13(7-5-10)8-11(15)12(2)3/h9-10,14H,4-8H2,1-3H3. The van der Waals surface area contributed by atoms with Gasteiger partial charge in [0.1, 0.15) is 0 Å². The monoisotopic (exact) mass is 214 g/mol. The van der Waals surface area contributed by atoms with Crippen molar-refractivity contribution in [2.75, 3.05) is 33.7 Å². The number of piperidine rings is 1. The molecular weight excluding hydrogens is 192 g/mol. The summed E-state index contributed by atoms with van der Waals surface area (Å²) in [7, 11) is 3.57. The van der Waals surface area contributed by atoms with Crippen molar-refractivity contribution in [2.24, 2.45) is 5.92 Å². The zero-order chi connectivity index (χ0) is 11.4. The number of likely N-dealkylation sites (N-methyl/N-ethyl adjacent to an activating group) is 1. The molecule has 1 aliphatic rings. The minimum atomic E-state index is -0.211. The van der Waals surface area contributed by atoms with Gasteiger partial charge in [-0.1, -0.05) is 0 Å². The second kappa shape index (κ2) is 5.47. The molecule has 88 valence electrons. The van der Waals surface area contributed by atoms with Gasteiger partial charge in [-0.05, 0) is 38.8 Å². The molecular formula is C11H22N2O2. The molecule has 1 amide bonds. The van der Waals surface area contributed by atoms with E-state index in [1.807, 2.05) is 6.92 Å². The number of carbonyl (C=O) groups excluding carboxylic acids is 1. The topological polar surface area (TPSA) is 43.8 Å². The van der Waals surface area contributed by atoms with E-state index in [1.165, 1.54) is 0 Å². The summed E-state index contributed by atoms with van der Waals surface area (Å²) >= 11 is 0. The minimum absolute atomic E-state index is 0.158. The zero-order valence-electron chi connectivity index (χ0n) is 9.94. The highest BCUT2D eigenvalue weighted by atomic mass is 16.3.